The van der Waals surface area contributed by atoms with Crippen LogP contribution in [0.5, 0.6) is 0 Å². The zero-order valence-electron chi connectivity index (χ0n) is 40.8. The van der Waals surface area contributed by atoms with Gasteiger partial charge >= 0.3 is 17.9 Å². The summed E-state index contributed by atoms with van der Waals surface area (Å²) >= 11 is 0. The number of rotatable bonds is 50. The summed E-state index contributed by atoms with van der Waals surface area (Å²) in [5.41, 5.74) is 0. The normalized spacial score (nSPS) is 11.8. The first-order valence-electron chi connectivity index (χ1n) is 27.0. The average Bonchev–Trinajstić information content (AvgIpc) is 3.24. The summed E-state index contributed by atoms with van der Waals surface area (Å²) in [5, 5.41) is 0. The summed E-state index contributed by atoms with van der Waals surface area (Å²) in [6, 6.07) is 0. The summed E-state index contributed by atoms with van der Waals surface area (Å²) in [6.07, 6.45) is 53.7. The van der Waals surface area contributed by atoms with E-state index in [1.165, 1.54) is 212 Å². The Bertz CT molecular complexity index is 889. The monoisotopic (exact) mass is 849 g/mol. The maximum absolute atomic E-state index is 12.8. The average molecular weight is 849 g/mol. The molecule has 0 aliphatic rings. The Hall–Kier alpha value is -1.59. The molecule has 0 saturated heterocycles. The molecule has 6 heteroatoms. The number of carbonyl (C=O) groups excluding carboxylic acids is 3. The predicted octanol–water partition coefficient (Wildman–Crippen LogP) is 17.6. The van der Waals surface area contributed by atoms with Crippen molar-refractivity contribution in [3.05, 3.63) is 0 Å². The Balaban J connectivity index is 4.25. The van der Waals surface area contributed by atoms with E-state index in [1.807, 2.05) is 0 Å². The maximum Gasteiger partial charge on any atom is 0.306 e. The van der Waals surface area contributed by atoms with Gasteiger partial charge in [0, 0.05) is 19.3 Å². The number of ether oxygens (including phenoxy) is 3. The quantitative estimate of drug-likeness (QED) is 0.0345. The SMILES string of the molecule is CCCCCCCCCCCCCCCCCCCCCC(=O)O[C@@H](COC(=O)CCCCCCCCCCCCC)COC(=O)CCCCCCCCCCCCCC. The Morgan fingerprint density at radius 1 is 0.267 bits per heavy atom. The number of hydrogen-bond donors (Lipinski definition) is 0. The molecule has 0 spiro atoms. The highest BCUT2D eigenvalue weighted by Gasteiger charge is 2.19. The molecule has 0 saturated carbocycles. The molecule has 0 amide bonds. The largest absolute Gasteiger partial charge is 0.462 e. The van der Waals surface area contributed by atoms with Gasteiger partial charge in [0.1, 0.15) is 13.2 Å². The smallest absolute Gasteiger partial charge is 0.306 e. The highest BCUT2D eigenvalue weighted by atomic mass is 16.6. The van der Waals surface area contributed by atoms with E-state index < -0.39 is 6.10 Å². The number of hydrogen-bond acceptors (Lipinski definition) is 6. The molecule has 1 atom stereocenters. The van der Waals surface area contributed by atoms with Crippen LogP contribution in [0.3, 0.4) is 0 Å². The fourth-order valence-electron chi connectivity index (χ4n) is 8.27. The van der Waals surface area contributed by atoms with Crippen LogP contribution in [-0.4, -0.2) is 37.2 Å². The Labute approximate surface area is 374 Å². The molecule has 0 N–H and O–H groups in total. The van der Waals surface area contributed by atoms with Gasteiger partial charge in [-0.3, -0.25) is 14.4 Å². The van der Waals surface area contributed by atoms with E-state index in [0.717, 1.165) is 57.8 Å². The zero-order chi connectivity index (χ0) is 43.7. The van der Waals surface area contributed by atoms with Crippen LogP contribution in [0.15, 0.2) is 0 Å². The van der Waals surface area contributed by atoms with Crippen molar-refractivity contribution in [1.29, 1.82) is 0 Å². The predicted molar refractivity (Wildman–Crippen MR) is 257 cm³/mol. The Morgan fingerprint density at radius 2 is 0.450 bits per heavy atom. The van der Waals surface area contributed by atoms with Crippen LogP contribution in [-0.2, 0) is 28.6 Å². The van der Waals surface area contributed by atoms with Gasteiger partial charge in [0.2, 0.25) is 0 Å². The summed E-state index contributed by atoms with van der Waals surface area (Å²) in [7, 11) is 0. The van der Waals surface area contributed by atoms with Gasteiger partial charge in [-0.2, -0.15) is 0 Å². The molecule has 0 fully saturated rings. The van der Waals surface area contributed by atoms with Crippen LogP contribution in [0, 0.1) is 0 Å². The lowest BCUT2D eigenvalue weighted by molar-refractivity contribution is -0.167. The minimum absolute atomic E-state index is 0.0618. The maximum atomic E-state index is 12.8. The first-order chi connectivity index (χ1) is 29.5. The van der Waals surface area contributed by atoms with Crippen LogP contribution in [0.25, 0.3) is 0 Å². The molecule has 0 aromatic carbocycles. The van der Waals surface area contributed by atoms with Gasteiger partial charge in [0.05, 0.1) is 0 Å². The molecule has 0 heterocycles. The highest BCUT2D eigenvalue weighted by Crippen LogP contribution is 2.17. The lowest BCUT2D eigenvalue weighted by Gasteiger charge is -2.18. The van der Waals surface area contributed by atoms with Gasteiger partial charge in [0.15, 0.2) is 6.10 Å². The van der Waals surface area contributed by atoms with Crippen LogP contribution >= 0.6 is 0 Å². The fraction of sp³-hybridized carbons (Fsp3) is 0.944. The van der Waals surface area contributed by atoms with Gasteiger partial charge in [-0.1, -0.05) is 271 Å². The lowest BCUT2D eigenvalue weighted by Crippen LogP contribution is -2.30. The van der Waals surface area contributed by atoms with Crippen LogP contribution in [0.1, 0.15) is 310 Å². The summed E-state index contributed by atoms with van der Waals surface area (Å²) < 4.78 is 16.8. The molecular weight excluding hydrogens is 745 g/mol. The van der Waals surface area contributed by atoms with Crippen LogP contribution < -0.4 is 0 Å². The number of carbonyl (C=O) groups is 3. The van der Waals surface area contributed by atoms with Gasteiger partial charge < -0.3 is 14.2 Å². The van der Waals surface area contributed by atoms with E-state index in [-0.39, 0.29) is 31.1 Å². The zero-order valence-corrected chi connectivity index (χ0v) is 40.8. The Kier molecular flexibility index (Phi) is 48.7. The van der Waals surface area contributed by atoms with Crippen molar-refractivity contribution in [2.24, 2.45) is 0 Å². The topological polar surface area (TPSA) is 78.9 Å². The van der Waals surface area contributed by atoms with Crippen molar-refractivity contribution < 1.29 is 28.6 Å². The summed E-state index contributed by atoms with van der Waals surface area (Å²) in [5.74, 6) is -0.840. The number of esters is 3. The first kappa shape index (κ1) is 58.4. The minimum Gasteiger partial charge on any atom is -0.462 e. The van der Waals surface area contributed by atoms with Crippen molar-refractivity contribution in [3.63, 3.8) is 0 Å². The van der Waals surface area contributed by atoms with E-state index in [9.17, 15) is 14.4 Å². The molecule has 60 heavy (non-hydrogen) atoms. The van der Waals surface area contributed by atoms with E-state index in [4.69, 9.17) is 14.2 Å². The van der Waals surface area contributed by atoms with Gasteiger partial charge in [-0.25, -0.2) is 0 Å². The van der Waals surface area contributed by atoms with E-state index >= 15 is 0 Å². The second-order valence-electron chi connectivity index (χ2n) is 18.5. The van der Waals surface area contributed by atoms with E-state index in [2.05, 4.69) is 20.8 Å². The molecule has 0 aromatic rings. The molecule has 0 unspecified atom stereocenters. The fourth-order valence-corrected chi connectivity index (χ4v) is 8.27. The van der Waals surface area contributed by atoms with Crippen molar-refractivity contribution in [2.75, 3.05) is 13.2 Å². The minimum atomic E-state index is -0.759. The molecule has 0 aliphatic heterocycles. The number of unbranched alkanes of at least 4 members (excludes halogenated alkanes) is 39. The molecule has 356 valence electrons. The van der Waals surface area contributed by atoms with Crippen molar-refractivity contribution in [1.82, 2.24) is 0 Å². The molecule has 0 rings (SSSR count). The van der Waals surface area contributed by atoms with E-state index in [0.29, 0.717) is 19.3 Å². The molecule has 0 aromatic heterocycles. The summed E-state index contributed by atoms with van der Waals surface area (Å²) in [6.45, 7) is 6.68. The molecular formula is C54H104O6. The molecule has 0 aliphatic carbocycles. The second-order valence-corrected chi connectivity index (χ2v) is 18.5. The van der Waals surface area contributed by atoms with Gasteiger partial charge in [-0.15, -0.1) is 0 Å². The Morgan fingerprint density at radius 3 is 0.667 bits per heavy atom. The van der Waals surface area contributed by atoms with Gasteiger partial charge in [0.25, 0.3) is 0 Å². The highest BCUT2D eigenvalue weighted by molar-refractivity contribution is 5.71. The molecule has 0 bridgehead atoms. The first-order valence-corrected chi connectivity index (χ1v) is 27.0. The second kappa shape index (κ2) is 50.1. The van der Waals surface area contributed by atoms with E-state index in [1.54, 1.807) is 0 Å². The summed E-state index contributed by atoms with van der Waals surface area (Å²) in [4.78, 5) is 37.9. The van der Waals surface area contributed by atoms with Crippen molar-refractivity contribution in [2.45, 2.75) is 316 Å². The van der Waals surface area contributed by atoms with Crippen molar-refractivity contribution >= 4 is 17.9 Å². The van der Waals surface area contributed by atoms with Crippen LogP contribution in [0.2, 0.25) is 0 Å². The van der Waals surface area contributed by atoms with Crippen LogP contribution in [0.4, 0.5) is 0 Å². The molecule has 0 radical (unpaired) electrons. The third kappa shape index (κ3) is 47.5. The lowest BCUT2D eigenvalue weighted by atomic mass is 10.0. The van der Waals surface area contributed by atoms with Crippen molar-refractivity contribution in [3.8, 4) is 0 Å². The standard InChI is InChI=1S/C54H104O6/c1-4-7-10-13-16-19-22-24-25-26-27-28-29-30-33-36-39-42-45-48-54(57)60-51(49-58-52(55)46-43-40-37-34-31-21-18-15-12-9-6-3)50-59-53(56)47-44-41-38-35-32-23-20-17-14-11-8-5-2/h51H,4-50H2,1-3H3/t51-/m0/s1. The van der Waals surface area contributed by atoms with Gasteiger partial charge in [-0.05, 0) is 19.3 Å². The third-order valence-electron chi connectivity index (χ3n) is 12.4. The molecule has 6 nitrogen and oxygen atoms in total. The third-order valence-corrected chi connectivity index (χ3v) is 12.4.